The van der Waals surface area contributed by atoms with Gasteiger partial charge in [0.25, 0.3) is 5.91 Å². The van der Waals surface area contributed by atoms with Gasteiger partial charge >= 0.3 is 0 Å². The van der Waals surface area contributed by atoms with E-state index < -0.39 is 0 Å². The van der Waals surface area contributed by atoms with Gasteiger partial charge in [0.05, 0.1) is 11.4 Å². The second-order valence-corrected chi connectivity index (χ2v) is 5.17. The number of ether oxygens (including phenoxy) is 1. The van der Waals surface area contributed by atoms with E-state index in [9.17, 15) is 4.79 Å². The number of hydrogen-bond donors (Lipinski definition) is 2. The molecule has 1 aliphatic rings. The van der Waals surface area contributed by atoms with E-state index in [1.165, 1.54) is 0 Å². The molecule has 6 heteroatoms. The Balaban J connectivity index is 1.60. The smallest absolute Gasteiger partial charge is 0.262 e. The van der Waals surface area contributed by atoms with Crippen LogP contribution >= 0.6 is 0 Å². The second kappa shape index (κ2) is 5.49. The minimum absolute atomic E-state index is 0.0612. The third-order valence-electron chi connectivity index (χ3n) is 3.52. The van der Waals surface area contributed by atoms with E-state index in [2.05, 4.69) is 15.7 Å². The Labute approximate surface area is 132 Å². The van der Waals surface area contributed by atoms with Crippen LogP contribution in [0.25, 0.3) is 5.69 Å². The molecule has 114 valence electrons. The summed E-state index contributed by atoms with van der Waals surface area (Å²) < 4.78 is 7.16. The Morgan fingerprint density at radius 1 is 1.13 bits per heavy atom. The standard InChI is InChI=1S/C17H14N4O2/c22-17-11-23-16-6-5-13(10-15(16)20-17)19-12-3-1-4-14(9-12)21-8-2-7-18-21/h1-10,19H,11H2,(H,20,22). The normalized spacial score (nSPS) is 13.0. The number of rotatable bonds is 3. The second-order valence-electron chi connectivity index (χ2n) is 5.17. The predicted molar refractivity (Wildman–Crippen MR) is 87.4 cm³/mol. The van der Waals surface area contributed by atoms with E-state index in [1.807, 2.05) is 54.7 Å². The summed E-state index contributed by atoms with van der Waals surface area (Å²) in [6.07, 6.45) is 3.64. The molecule has 1 amide bonds. The number of nitrogens with one attached hydrogen (secondary N) is 2. The molecule has 3 aromatic rings. The first-order valence-corrected chi connectivity index (χ1v) is 7.22. The maximum absolute atomic E-state index is 11.4. The topological polar surface area (TPSA) is 68.2 Å². The number of carbonyl (C=O) groups is 1. The van der Waals surface area contributed by atoms with Crippen molar-refractivity contribution in [1.82, 2.24) is 9.78 Å². The molecule has 23 heavy (non-hydrogen) atoms. The van der Waals surface area contributed by atoms with Crippen molar-refractivity contribution in [2.45, 2.75) is 0 Å². The quantitative estimate of drug-likeness (QED) is 0.780. The predicted octanol–water partition coefficient (Wildman–Crippen LogP) is 2.95. The van der Waals surface area contributed by atoms with E-state index in [0.717, 1.165) is 17.1 Å². The molecule has 0 atom stereocenters. The van der Waals surface area contributed by atoms with Crippen LogP contribution in [-0.4, -0.2) is 22.3 Å². The molecule has 0 radical (unpaired) electrons. The van der Waals surface area contributed by atoms with Gasteiger partial charge in [-0.25, -0.2) is 4.68 Å². The van der Waals surface area contributed by atoms with E-state index in [1.54, 1.807) is 10.9 Å². The van der Waals surface area contributed by atoms with Gasteiger partial charge in [0.2, 0.25) is 0 Å². The number of carbonyl (C=O) groups excluding carboxylic acids is 1. The van der Waals surface area contributed by atoms with Crippen molar-refractivity contribution in [3.05, 3.63) is 60.9 Å². The molecule has 0 spiro atoms. The molecule has 2 heterocycles. The maximum atomic E-state index is 11.4. The lowest BCUT2D eigenvalue weighted by Gasteiger charge is -2.19. The third-order valence-corrected chi connectivity index (χ3v) is 3.52. The molecule has 0 saturated heterocycles. The highest BCUT2D eigenvalue weighted by Crippen LogP contribution is 2.31. The molecule has 2 N–H and O–H groups in total. The highest BCUT2D eigenvalue weighted by Gasteiger charge is 2.15. The largest absolute Gasteiger partial charge is 0.482 e. The SMILES string of the molecule is O=C1COc2ccc(Nc3cccc(-n4cccn4)c3)cc2N1. The molecule has 0 saturated carbocycles. The molecular weight excluding hydrogens is 292 g/mol. The average Bonchev–Trinajstić information content (AvgIpc) is 3.09. The van der Waals surface area contributed by atoms with Crippen molar-refractivity contribution in [3.63, 3.8) is 0 Å². The number of amides is 1. The van der Waals surface area contributed by atoms with Gasteiger partial charge in [-0.05, 0) is 42.5 Å². The van der Waals surface area contributed by atoms with Crippen molar-refractivity contribution in [2.75, 3.05) is 17.2 Å². The van der Waals surface area contributed by atoms with Crippen LogP contribution < -0.4 is 15.4 Å². The molecule has 0 fully saturated rings. The van der Waals surface area contributed by atoms with Gasteiger partial charge in [-0.3, -0.25) is 4.79 Å². The molecule has 0 aliphatic carbocycles. The zero-order chi connectivity index (χ0) is 15.6. The van der Waals surface area contributed by atoms with E-state index in [-0.39, 0.29) is 12.5 Å². The first-order chi connectivity index (χ1) is 11.3. The lowest BCUT2D eigenvalue weighted by molar-refractivity contribution is -0.118. The Morgan fingerprint density at radius 2 is 2.04 bits per heavy atom. The number of fused-ring (bicyclic) bond motifs is 1. The summed E-state index contributed by atoms with van der Waals surface area (Å²) in [6, 6.07) is 15.4. The molecule has 0 unspecified atom stereocenters. The molecule has 6 nitrogen and oxygen atoms in total. The Hall–Kier alpha value is -3.28. The van der Waals surface area contributed by atoms with Crippen molar-refractivity contribution < 1.29 is 9.53 Å². The monoisotopic (exact) mass is 306 g/mol. The van der Waals surface area contributed by atoms with Crippen LogP contribution in [0.3, 0.4) is 0 Å². The minimum Gasteiger partial charge on any atom is -0.482 e. The number of benzene rings is 2. The van der Waals surface area contributed by atoms with Crippen molar-refractivity contribution in [2.24, 2.45) is 0 Å². The molecule has 2 aromatic carbocycles. The highest BCUT2D eigenvalue weighted by atomic mass is 16.5. The van der Waals surface area contributed by atoms with Crippen LogP contribution in [0.4, 0.5) is 17.1 Å². The Bertz CT molecular complexity index is 859. The van der Waals surface area contributed by atoms with Crippen LogP contribution in [0, 0.1) is 0 Å². The summed E-state index contributed by atoms with van der Waals surface area (Å²) in [5.74, 6) is 0.538. The molecule has 1 aliphatic heterocycles. The fraction of sp³-hybridized carbons (Fsp3) is 0.0588. The Morgan fingerprint density at radius 3 is 2.91 bits per heavy atom. The molecular formula is C17H14N4O2. The molecule has 1 aromatic heterocycles. The number of anilines is 3. The van der Waals surface area contributed by atoms with Gasteiger partial charge in [0, 0.05) is 23.8 Å². The van der Waals surface area contributed by atoms with E-state index in [4.69, 9.17) is 4.74 Å². The summed E-state index contributed by atoms with van der Waals surface area (Å²) in [4.78, 5) is 11.4. The number of aromatic nitrogens is 2. The highest BCUT2D eigenvalue weighted by molar-refractivity contribution is 5.96. The summed E-state index contributed by atoms with van der Waals surface area (Å²) in [5, 5.41) is 10.4. The lowest BCUT2D eigenvalue weighted by Crippen LogP contribution is -2.25. The van der Waals surface area contributed by atoms with Crippen LogP contribution in [0.5, 0.6) is 5.75 Å². The fourth-order valence-corrected chi connectivity index (χ4v) is 2.48. The van der Waals surface area contributed by atoms with Crippen molar-refractivity contribution in [3.8, 4) is 11.4 Å². The van der Waals surface area contributed by atoms with Crippen LogP contribution in [0.15, 0.2) is 60.9 Å². The average molecular weight is 306 g/mol. The van der Waals surface area contributed by atoms with Crippen molar-refractivity contribution in [1.29, 1.82) is 0 Å². The van der Waals surface area contributed by atoms with Gasteiger partial charge < -0.3 is 15.4 Å². The first-order valence-electron chi connectivity index (χ1n) is 7.22. The zero-order valence-corrected chi connectivity index (χ0v) is 12.2. The van der Waals surface area contributed by atoms with Gasteiger partial charge in [0.1, 0.15) is 5.75 Å². The van der Waals surface area contributed by atoms with E-state index >= 15 is 0 Å². The molecule has 4 rings (SSSR count). The van der Waals surface area contributed by atoms with Crippen LogP contribution in [0.1, 0.15) is 0 Å². The summed E-state index contributed by atoms with van der Waals surface area (Å²) in [6.45, 7) is 0.0612. The lowest BCUT2D eigenvalue weighted by atomic mass is 10.2. The Kier molecular flexibility index (Phi) is 3.20. The maximum Gasteiger partial charge on any atom is 0.262 e. The van der Waals surface area contributed by atoms with Gasteiger partial charge in [-0.1, -0.05) is 6.07 Å². The number of nitrogens with zero attached hydrogens (tertiary/aromatic N) is 2. The summed E-state index contributed by atoms with van der Waals surface area (Å²) >= 11 is 0. The zero-order valence-electron chi connectivity index (χ0n) is 12.2. The fourth-order valence-electron chi connectivity index (χ4n) is 2.48. The van der Waals surface area contributed by atoms with Gasteiger partial charge in [-0.2, -0.15) is 5.10 Å². The van der Waals surface area contributed by atoms with Gasteiger partial charge in [0.15, 0.2) is 6.61 Å². The van der Waals surface area contributed by atoms with E-state index in [0.29, 0.717) is 11.4 Å². The van der Waals surface area contributed by atoms with Crippen molar-refractivity contribution >= 4 is 23.0 Å². The number of hydrogen-bond acceptors (Lipinski definition) is 4. The summed E-state index contributed by atoms with van der Waals surface area (Å²) in [7, 11) is 0. The van der Waals surface area contributed by atoms with Gasteiger partial charge in [-0.15, -0.1) is 0 Å². The minimum atomic E-state index is -0.143. The van der Waals surface area contributed by atoms with Crippen LogP contribution in [-0.2, 0) is 4.79 Å². The van der Waals surface area contributed by atoms with Crippen LogP contribution in [0.2, 0.25) is 0 Å². The third kappa shape index (κ3) is 2.74. The first kappa shape index (κ1) is 13.4. The molecule has 0 bridgehead atoms. The summed E-state index contributed by atoms with van der Waals surface area (Å²) in [5.41, 5.74) is 3.44.